The number of pyridine rings is 1. The second kappa shape index (κ2) is 12.1. The van der Waals surface area contributed by atoms with Gasteiger partial charge in [0.25, 0.3) is 5.89 Å². The Morgan fingerprint density at radius 2 is 1.69 bits per heavy atom. The molecule has 2 saturated heterocycles. The third-order valence-electron chi connectivity index (χ3n) is 5.07. The van der Waals surface area contributed by atoms with Crippen molar-refractivity contribution in [1.29, 1.82) is 0 Å². The van der Waals surface area contributed by atoms with Crippen molar-refractivity contribution in [3.05, 3.63) is 41.8 Å². The molecule has 0 saturated carbocycles. The third-order valence-corrected chi connectivity index (χ3v) is 5.07. The van der Waals surface area contributed by atoms with E-state index in [4.69, 9.17) is 29.1 Å². The molecule has 0 spiro atoms. The van der Waals surface area contributed by atoms with E-state index in [1.807, 2.05) is 25.4 Å². The maximum Gasteiger partial charge on any atom is 0.490 e. The first-order valence-corrected chi connectivity index (χ1v) is 10.4. The van der Waals surface area contributed by atoms with E-state index in [2.05, 4.69) is 26.1 Å². The summed E-state index contributed by atoms with van der Waals surface area (Å²) < 4.78 is 75.0. The summed E-state index contributed by atoms with van der Waals surface area (Å²) in [5.74, 6) is -4.22. The molecule has 0 aromatic carbocycles. The Hall–Kier alpha value is -3.27. The van der Waals surface area contributed by atoms with E-state index in [1.165, 1.54) is 5.56 Å². The summed E-state index contributed by atoms with van der Waals surface area (Å²) in [5, 5.41) is 18.1. The molecule has 2 aromatic rings. The molecule has 2 aromatic heterocycles. The van der Waals surface area contributed by atoms with Crippen LogP contribution in [0.1, 0.15) is 42.6 Å². The van der Waals surface area contributed by atoms with Gasteiger partial charge in [-0.25, -0.2) is 9.59 Å². The summed E-state index contributed by atoms with van der Waals surface area (Å²) in [6, 6.07) is 4.61. The lowest BCUT2D eigenvalue weighted by atomic mass is 9.99. The van der Waals surface area contributed by atoms with Gasteiger partial charge in [-0.1, -0.05) is 11.2 Å². The van der Waals surface area contributed by atoms with Crippen LogP contribution >= 0.6 is 0 Å². The van der Waals surface area contributed by atoms with Crippen LogP contribution in [0, 0.1) is 6.92 Å². The van der Waals surface area contributed by atoms with Gasteiger partial charge in [-0.15, -0.1) is 0 Å². The van der Waals surface area contributed by atoms with Gasteiger partial charge in [-0.05, 0) is 37.8 Å². The Labute approximate surface area is 199 Å². The summed E-state index contributed by atoms with van der Waals surface area (Å²) >= 11 is 0. The number of alkyl halides is 6. The predicted octanol–water partition coefficient (Wildman–Crippen LogP) is 3.53. The van der Waals surface area contributed by atoms with Gasteiger partial charge in [0, 0.05) is 31.5 Å². The molecule has 0 unspecified atom stereocenters. The number of aryl methyl sites for hydroxylation is 1. The first-order valence-electron chi connectivity index (χ1n) is 10.4. The van der Waals surface area contributed by atoms with Crippen molar-refractivity contribution in [2.75, 3.05) is 6.54 Å². The average Bonchev–Trinajstić information content (AvgIpc) is 3.40. The summed E-state index contributed by atoms with van der Waals surface area (Å²) in [6.07, 6.45) is -3.07. The minimum absolute atomic E-state index is 0.0409. The molecule has 2 N–H and O–H groups in total. The van der Waals surface area contributed by atoms with Crippen LogP contribution in [0.25, 0.3) is 0 Å². The number of nitrogens with zero attached hydrogens (tertiary/aromatic N) is 4. The lowest BCUT2D eigenvalue weighted by Crippen LogP contribution is -2.40. The van der Waals surface area contributed by atoms with Crippen molar-refractivity contribution in [2.24, 2.45) is 0 Å². The number of aromatic nitrogens is 3. The lowest BCUT2D eigenvalue weighted by Gasteiger charge is -2.34. The predicted molar refractivity (Wildman–Crippen MR) is 106 cm³/mol. The van der Waals surface area contributed by atoms with E-state index in [0.717, 1.165) is 32.4 Å². The zero-order valence-corrected chi connectivity index (χ0v) is 18.7. The molecule has 0 amide bonds. The van der Waals surface area contributed by atoms with Crippen LogP contribution in [-0.4, -0.2) is 73.2 Å². The molecule has 3 atom stereocenters. The zero-order chi connectivity index (χ0) is 27.1. The quantitative estimate of drug-likeness (QED) is 0.569. The van der Waals surface area contributed by atoms with Crippen LogP contribution < -0.4 is 0 Å². The Morgan fingerprint density at radius 3 is 2.17 bits per heavy atom. The SMILES string of the molecule is Cc1noc([C@@H]2CC[C@@H]3[C@@H](CCN3Cc3cccnc3)O2)n1.O=C(O)C(F)(F)F.O=C(O)C(F)(F)F. The highest BCUT2D eigenvalue weighted by molar-refractivity contribution is 5.73. The number of hydrogen-bond donors (Lipinski definition) is 2. The van der Waals surface area contributed by atoms with Gasteiger partial charge in [0.15, 0.2) is 5.82 Å². The van der Waals surface area contributed by atoms with Gasteiger partial charge >= 0.3 is 24.3 Å². The Bertz CT molecular complexity index is 977. The van der Waals surface area contributed by atoms with E-state index in [-0.39, 0.29) is 12.2 Å². The highest BCUT2D eigenvalue weighted by Gasteiger charge is 2.41. The topological polar surface area (TPSA) is 139 Å². The lowest BCUT2D eigenvalue weighted by molar-refractivity contribution is -0.193. The Balaban J connectivity index is 0.000000271. The molecule has 16 heteroatoms. The van der Waals surface area contributed by atoms with Crippen LogP contribution in [0.4, 0.5) is 26.3 Å². The van der Waals surface area contributed by atoms with Crippen molar-refractivity contribution in [1.82, 2.24) is 20.0 Å². The van der Waals surface area contributed by atoms with Gasteiger partial charge in [-0.2, -0.15) is 31.3 Å². The highest BCUT2D eigenvalue weighted by atomic mass is 19.4. The van der Waals surface area contributed by atoms with Crippen molar-refractivity contribution in [2.45, 2.75) is 63.3 Å². The van der Waals surface area contributed by atoms with E-state index in [1.54, 1.807) is 0 Å². The first kappa shape index (κ1) is 29.0. The normalized spacial score (nSPS) is 21.9. The zero-order valence-electron chi connectivity index (χ0n) is 18.7. The molecule has 0 aliphatic carbocycles. The van der Waals surface area contributed by atoms with Gasteiger partial charge in [-0.3, -0.25) is 9.88 Å². The van der Waals surface area contributed by atoms with Crippen molar-refractivity contribution in [3.63, 3.8) is 0 Å². The molecule has 4 rings (SSSR count). The molecule has 200 valence electrons. The van der Waals surface area contributed by atoms with Crippen LogP contribution in [0.2, 0.25) is 0 Å². The fraction of sp³-hybridized carbons (Fsp3) is 0.550. The molecule has 36 heavy (non-hydrogen) atoms. The van der Waals surface area contributed by atoms with Crippen LogP contribution in [0.3, 0.4) is 0 Å². The molecule has 10 nitrogen and oxygen atoms in total. The van der Waals surface area contributed by atoms with Crippen LogP contribution in [0.5, 0.6) is 0 Å². The number of rotatable bonds is 3. The van der Waals surface area contributed by atoms with Crippen molar-refractivity contribution in [3.8, 4) is 0 Å². The maximum atomic E-state index is 10.6. The van der Waals surface area contributed by atoms with Gasteiger partial charge in [0.2, 0.25) is 0 Å². The fourth-order valence-corrected chi connectivity index (χ4v) is 3.56. The fourth-order valence-electron chi connectivity index (χ4n) is 3.56. The number of likely N-dealkylation sites (tertiary alicyclic amines) is 1. The van der Waals surface area contributed by atoms with E-state index >= 15 is 0 Å². The third kappa shape index (κ3) is 8.75. The molecule has 2 fully saturated rings. The number of carboxylic acid groups (broad SMARTS) is 2. The second-order valence-corrected chi connectivity index (χ2v) is 7.71. The number of carbonyl (C=O) groups is 2. The standard InChI is InChI=1S/C16H20N4O2.2C2HF3O2/c1-11-18-16(22-19-11)15-5-4-13-14(21-15)6-8-20(13)10-12-3-2-7-17-9-12;2*3-2(4,5)1(6)7/h2-3,7,9,13-15H,4-6,8,10H2,1H3;2*(H,6,7)/t13-,14-,15+;;/m1../s1. The molecular formula is C20H22F6N4O6. The molecule has 2 aliphatic rings. The molecular weight excluding hydrogens is 506 g/mol. The highest BCUT2D eigenvalue weighted by Crippen LogP contribution is 2.38. The summed E-state index contributed by atoms with van der Waals surface area (Å²) in [4.78, 5) is 28.8. The molecule has 2 aliphatic heterocycles. The van der Waals surface area contributed by atoms with E-state index < -0.39 is 24.3 Å². The number of carboxylic acids is 2. The summed E-state index contributed by atoms with van der Waals surface area (Å²) in [5.41, 5.74) is 1.26. The molecule has 0 bridgehead atoms. The monoisotopic (exact) mass is 528 g/mol. The maximum absolute atomic E-state index is 10.6. The summed E-state index contributed by atoms with van der Waals surface area (Å²) in [6.45, 7) is 3.85. The van der Waals surface area contributed by atoms with E-state index in [0.29, 0.717) is 17.8 Å². The number of hydrogen-bond acceptors (Lipinski definition) is 8. The van der Waals surface area contributed by atoms with Crippen LogP contribution in [-0.2, 0) is 20.9 Å². The Morgan fingerprint density at radius 1 is 1.08 bits per heavy atom. The molecule has 4 heterocycles. The minimum Gasteiger partial charge on any atom is -0.475 e. The molecule has 0 radical (unpaired) electrons. The smallest absolute Gasteiger partial charge is 0.475 e. The number of ether oxygens (including phenoxy) is 1. The first-order chi connectivity index (χ1) is 16.7. The van der Waals surface area contributed by atoms with Gasteiger partial charge in [0.05, 0.1) is 6.10 Å². The van der Waals surface area contributed by atoms with Crippen molar-refractivity contribution >= 4 is 11.9 Å². The van der Waals surface area contributed by atoms with Crippen LogP contribution in [0.15, 0.2) is 29.0 Å². The van der Waals surface area contributed by atoms with E-state index in [9.17, 15) is 26.3 Å². The largest absolute Gasteiger partial charge is 0.490 e. The van der Waals surface area contributed by atoms with Gasteiger partial charge < -0.3 is 19.5 Å². The number of aliphatic carboxylic acids is 2. The van der Waals surface area contributed by atoms with Gasteiger partial charge in [0.1, 0.15) is 6.10 Å². The minimum atomic E-state index is -5.08. The number of halogens is 6. The van der Waals surface area contributed by atoms with Crippen molar-refractivity contribution < 1.29 is 55.4 Å². The summed E-state index contributed by atoms with van der Waals surface area (Å²) in [7, 11) is 0. The average molecular weight is 528 g/mol. The Kier molecular flexibility index (Phi) is 9.75. The second-order valence-electron chi connectivity index (χ2n) is 7.71. The number of fused-ring (bicyclic) bond motifs is 1.